The van der Waals surface area contributed by atoms with E-state index in [0.717, 1.165) is 0 Å². The minimum absolute atomic E-state index is 0.00141. The molecule has 3 saturated heterocycles. The number of carbonyl (C=O) groups is 9. The monoisotopic (exact) mass is 1560 g/mol. The number of benzene rings is 9. The van der Waals surface area contributed by atoms with Gasteiger partial charge in [0.2, 0.25) is 0 Å². The molecular formula is C90H82O25. The third-order valence-corrected chi connectivity index (χ3v) is 19.0. The summed E-state index contributed by atoms with van der Waals surface area (Å²) in [5.41, 5.74) is 0.559. The van der Waals surface area contributed by atoms with Crippen molar-refractivity contribution in [1.29, 1.82) is 0 Å². The summed E-state index contributed by atoms with van der Waals surface area (Å²) in [6.45, 7) is 1.53. The van der Waals surface area contributed by atoms with E-state index < -0.39 is 152 Å². The molecule has 25 heteroatoms. The molecule has 3 heterocycles. The normalized spacial score (nSPS) is 23.3. The van der Waals surface area contributed by atoms with Crippen molar-refractivity contribution in [2.75, 3.05) is 33.0 Å². The Bertz CT molecular complexity index is 4790. The lowest BCUT2D eigenvalue weighted by Crippen LogP contribution is -2.62. The van der Waals surface area contributed by atoms with Crippen LogP contribution < -0.4 is 0 Å². The van der Waals surface area contributed by atoms with Gasteiger partial charge < -0.3 is 76.5 Å². The van der Waals surface area contributed by atoms with Gasteiger partial charge in [0.15, 0.2) is 55.1 Å². The van der Waals surface area contributed by atoms with E-state index in [1.807, 2.05) is 0 Å². The predicted octanol–water partition coefficient (Wildman–Crippen LogP) is 11.6. The molecule has 9 aromatic carbocycles. The molecule has 0 unspecified atom stereocenters. The van der Waals surface area contributed by atoms with Gasteiger partial charge in [0.25, 0.3) is 0 Å². The highest BCUT2D eigenvalue weighted by atomic mass is 16.7. The Hall–Kier alpha value is -12.6. The molecule has 3 aliphatic heterocycles. The van der Waals surface area contributed by atoms with E-state index in [1.54, 1.807) is 177 Å². The van der Waals surface area contributed by atoms with E-state index in [2.05, 4.69) is 0 Å². The van der Waals surface area contributed by atoms with Crippen molar-refractivity contribution in [2.24, 2.45) is 0 Å². The maximum absolute atomic E-state index is 15.1. The third-order valence-electron chi connectivity index (χ3n) is 19.0. The molecule has 2 N–H and O–H groups in total. The van der Waals surface area contributed by atoms with Crippen molar-refractivity contribution in [3.63, 3.8) is 0 Å². The molecule has 0 aromatic heterocycles. The minimum Gasteiger partial charge on any atom is -0.459 e. The number of hydrogen-bond donors (Lipinski definition) is 2. The molecule has 0 saturated carbocycles. The van der Waals surface area contributed by atoms with Crippen molar-refractivity contribution < 1.29 is 120 Å². The number of aliphatic hydroxyl groups is 2. The molecule has 12 rings (SSSR count). The van der Waals surface area contributed by atoms with E-state index in [-0.39, 0.29) is 94.1 Å². The van der Waals surface area contributed by atoms with Crippen molar-refractivity contribution >= 4 is 53.7 Å². The molecule has 115 heavy (non-hydrogen) atoms. The first-order valence-corrected chi connectivity index (χ1v) is 37.1. The Morgan fingerprint density at radius 1 is 0.322 bits per heavy atom. The molecule has 0 amide bonds. The van der Waals surface area contributed by atoms with E-state index in [9.17, 15) is 39.0 Å². The van der Waals surface area contributed by atoms with Crippen molar-refractivity contribution in [2.45, 2.75) is 112 Å². The fourth-order valence-electron chi connectivity index (χ4n) is 13.2. The van der Waals surface area contributed by atoms with Gasteiger partial charge in [-0.05, 0) is 141 Å². The number of carbonyl (C=O) groups excluding carboxylic acids is 9. The van der Waals surface area contributed by atoms with E-state index in [4.69, 9.17) is 66.3 Å². The van der Waals surface area contributed by atoms with Gasteiger partial charge in [0, 0.05) is 0 Å². The van der Waals surface area contributed by atoms with Crippen LogP contribution in [-0.4, -0.2) is 189 Å². The van der Waals surface area contributed by atoms with Crippen molar-refractivity contribution in [3.05, 3.63) is 346 Å². The smallest absolute Gasteiger partial charge is 0.338 e. The average molecular weight is 1560 g/mol. The van der Waals surface area contributed by atoms with Crippen molar-refractivity contribution in [1.82, 2.24) is 0 Å². The van der Waals surface area contributed by atoms with Crippen LogP contribution in [0.15, 0.2) is 296 Å². The molecule has 0 aliphatic carbocycles. The second kappa shape index (κ2) is 40.2. The first-order chi connectivity index (χ1) is 56.0. The summed E-state index contributed by atoms with van der Waals surface area (Å²) in [6.07, 6.45) is -23.6. The van der Waals surface area contributed by atoms with Gasteiger partial charge >= 0.3 is 53.7 Å². The van der Waals surface area contributed by atoms with Crippen LogP contribution in [0, 0.1) is 0 Å². The highest BCUT2D eigenvalue weighted by molar-refractivity contribution is 5.94. The lowest BCUT2D eigenvalue weighted by Gasteiger charge is -2.46. The third kappa shape index (κ3) is 21.4. The molecule has 25 nitrogen and oxygen atoms in total. The Kier molecular flexibility index (Phi) is 28.6. The first kappa shape index (κ1) is 81.9. The maximum Gasteiger partial charge on any atom is 0.338 e. The van der Waals surface area contributed by atoms with Crippen LogP contribution in [0.3, 0.4) is 0 Å². The fourth-order valence-corrected chi connectivity index (χ4v) is 13.2. The Balaban J connectivity index is 1.01. The van der Waals surface area contributed by atoms with Crippen LogP contribution in [-0.2, 0) is 66.3 Å². The van der Waals surface area contributed by atoms with Crippen molar-refractivity contribution in [3.8, 4) is 0 Å². The number of hydrogen-bond acceptors (Lipinski definition) is 25. The summed E-state index contributed by atoms with van der Waals surface area (Å²) in [5.74, 6) is -8.52. The minimum atomic E-state index is -2.00. The fraction of sp³-hybridized carbons (Fsp3) is 0.256. The zero-order valence-electron chi connectivity index (χ0n) is 62.3. The molecule has 15 atom stereocenters. The number of rotatable bonds is 30. The highest BCUT2D eigenvalue weighted by Crippen LogP contribution is 2.40. The Morgan fingerprint density at radius 2 is 0.635 bits per heavy atom. The molecule has 592 valence electrons. The van der Waals surface area contributed by atoms with Crippen LogP contribution in [0.5, 0.6) is 0 Å². The molecule has 9 aromatic rings. The van der Waals surface area contributed by atoms with Gasteiger partial charge in [0.05, 0.1) is 76.5 Å². The lowest BCUT2D eigenvalue weighted by molar-refractivity contribution is -0.295. The quantitative estimate of drug-likeness (QED) is 0.0183. The molecule has 3 aliphatic rings. The van der Waals surface area contributed by atoms with Gasteiger partial charge in [0.1, 0.15) is 43.2 Å². The number of aliphatic hydroxyl groups excluding tert-OH is 2. The van der Waals surface area contributed by atoms with Gasteiger partial charge in [-0.1, -0.05) is 176 Å². The maximum atomic E-state index is 15.1. The second-order valence-corrected chi connectivity index (χ2v) is 26.8. The summed E-state index contributed by atoms with van der Waals surface area (Å²) in [6, 6.07) is 70.3. The molecule has 0 bridgehead atoms. The molecular weight excluding hydrogens is 1480 g/mol. The zero-order valence-corrected chi connectivity index (χ0v) is 62.3. The van der Waals surface area contributed by atoms with Crippen LogP contribution in [0.1, 0.15) is 113 Å². The summed E-state index contributed by atoms with van der Waals surface area (Å²) in [4.78, 5) is 131. The molecule has 3 fully saturated rings. The zero-order chi connectivity index (χ0) is 80.6. The molecule has 0 spiro atoms. The summed E-state index contributed by atoms with van der Waals surface area (Å²) < 4.78 is 90.0. The number of ether oxygens (including phenoxy) is 14. The average Bonchev–Trinajstić information content (AvgIpc) is 0.770. The van der Waals surface area contributed by atoms with E-state index in [1.165, 1.54) is 122 Å². The standard InChI is InChI=1S/C90H82O25/c1-56(48-49-67-74(109-83(95)60-34-16-5-17-35-60)79(114-88(100)65-44-26-10-27-45-65)80(90(107-67)103-53-52-102-51-50-91)115-89(101)66-46-28-11-29-47-66)71-77(112-86(98)63-40-22-8-23-41-63)78(113-87(99)64-42-24-9-25-43-64)75(110-84(96)61-36-18-6-19-37-61)68(105-71)54-57(2)72-76(111-85(97)62-38-20-7-21-39-62)70(92)73(108-82(94)59-32-14-4-15-33-59)69(106-72)55-104-81(93)58-30-12-3-13-31-58/h3-48,54,67-80,90-92H,49-53,55H2,1-2H3/b56-48+,57-54+/t67-,68-,69-,70+,71+,72+,73-,74-,75-,76-,77+,78+,79+,80-,90-/m1/s1. The van der Waals surface area contributed by atoms with E-state index >= 15 is 14.4 Å². The summed E-state index contributed by atoms with van der Waals surface area (Å²) >= 11 is 0. The van der Waals surface area contributed by atoms with Crippen LogP contribution in [0.2, 0.25) is 0 Å². The SMILES string of the molecule is C/C(=C\[C@H]1O[C@@H](/C(C)=C/C[C@H]2O[C@@H](OCCOCCO)[C@H](OC(=O)c3ccccc3)[C@@H](OC(=O)c3ccccc3)[C@@H]2OC(=O)c2ccccc2)[C@H](OC(=O)c2ccccc2)[C@@H](OC(=O)c2ccccc2)[C@@H]1OC(=O)c1ccccc1)[C@@H]1O[C@H](COC(=O)c2ccccc2)[C@@H](OC(=O)c2ccccc2)[C@H](O)[C@H]1OC(=O)c1ccccc1. The van der Waals surface area contributed by atoms with E-state index in [0.29, 0.717) is 0 Å². The van der Waals surface area contributed by atoms with Gasteiger partial charge in [-0.2, -0.15) is 0 Å². The topological polar surface area (TPSA) is 323 Å². The van der Waals surface area contributed by atoms with Crippen LogP contribution in [0.4, 0.5) is 0 Å². The lowest BCUT2D eigenvalue weighted by atomic mass is 9.86. The number of esters is 9. The molecule has 0 radical (unpaired) electrons. The predicted molar refractivity (Wildman–Crippen MR) is 410 cm³/mol. The highest BCUT2D eigenvalue weighted by Gasteiger charge is 2.57. The van der Waals surface area contributed by atoms with Gasteiger partial charge in [-0.25, -0.2) is 43.2 Å². The van der Waals surface area contributed by atoms with Gasteiger partial charge in [-0.3, -0.25) is 0 Å². The first-order valence-electron chi connectivity index (χ1n) is 37.1. The Morgan fingerprint density at radius 3 is 1.02 bits per heavy atom. The summed E-state index contributed by atoms with van der Waals surface area (Å²) in [5, 5.41) is 22.6. The van der Waals surface area contributed by atoms with Crippen LogP contribution in [0.25, 0.3) is 0 Å². The Labute approximate surface area is 661 Å². The second-order valence-electron chi connectivity index (χ2n) is 26.8. The van der Waals surface area contributed by atoms with Crippen LogP contribution >= 0.6 is 0 Å². The summed E-state index contributed by atoms with van der Waals surface area (Å²) in [7, 11) is 0. The largest absolute Gasteiger partial charge is 0.459 e. The van der Waals surface area contributed by atoms with Gasteiger partial charge in [-0.15, -0.1) is 0 Å².